The average molecular weight is 386 g/mol. The molecule has 0 atom stereocenters. The molecule has 1 aliphatic carbocycles. The van der Waals surface area contributed by atoms with Gasteiger partial charge >= 0.3 is 0 Å². The lowest BCUT2D eigenvalue weighted by Gasteiger charge is -2.19. The fourth-order valence-corrected chi connectivity index (χ4v) is 3.38. The van der Waals surface area contributed by atoms with Gasteiger partial charge in [-0.2, -0.15) is 0 Å². The third-order valence-electron chi connectivity index (χ3n) is 4.84. The van der Waals surface area contributed by atoms with Crippen molar-refractivity contribution in [3.8, 4) is 11.5 Å². The van der Waals surface area contributed by atoms with Crippen molar-refractivity contribution in [2.24, 2.45) is 4.99 Å². The Morgan fingerprint density at radius 3 is 2.86 bits per heavy atom. The smallest absolute Gasteiger partial charge is 0.191 e. The number of rotatable bonds is 9. The first-order valence-corrected chi connectivity index (χ1v) is 10.1. The summed E-state index contributed by atoms with van der Waals surface area (Å²) in [6.45, 7) is 5.00. The van der Waals surface area contributed by atoms with Gasteiger partial charge in [0.05, 0.1) is 26.1 Å². The molecule has 0 saturated heterocycles. The summed E-state index contributed by atoms with van der Waals surface area (Å²) in [5.41, 5.74) is 1.04. The molecule has 28 heavy (non-hydrogen) atoms. The van der Waals surface area contributed by atoms with Crippen molar-refractivity contribution < 1.29 is 9.47 Å². The van der Waals surface area contributed by atoms with Gasteiger partial charge in [-0.3, -0.25) is 0 Å². The molecule has 0 unspecified atom stereocenters. The lowest BCUT2D eigenvalue weighted by atomic mass is 10.1. The molecule has 7 heteroatoms. The molecule has 0 bridgehead atoms. The molecule has 0 radical (unpaired) electrons. The highest BCUT2D eigenvalue weighted by Gasteiger charge is 2.20. The minimum atomic E-state index is 0.278. The Morgan fingerprint density at radius 1 is 1.29 bits per heavy atom. The average Bonchev–Trinajstić information content (AvgIpc) is 3.41. The number of aliphatic imine (C=N–C) groups is 1. The number of aromatic nitrogens is 2. The summed E-state index contributed by atoms with van der Waals surface area (Å²) in [4.78, 5) is 8.81. The molecule has 1 aromatic carbocycles. The van der Waals surface area contributed by atoms with E-state index in [1.54, 1.807) is 13.3 Å². The van der Waals surface area contributed by atoms with Gasteiger partial charge in [0.25, 0.3) is 0 Å². The topological polar surface area (TPSA) is 72.7 Å². The van der Waals surface area contributed by atoms with Crippen LogP contribution >= 0.6 is 0 Å². The maximum atomic E-state index is 6.31. The van der Waals surface area contributed by atoms with E-state index in [1.807, 2.05) is 29.2 Å². The Morgan fingerprint density at radius 2 is 2.14 bits per heavy atom. The lowest BCUT2D eigenvalue weighted by Crippen LogP contribution is -2.38. The van der Waals surface area contributed by atoms with Crippen LogP contribution in [0.3, 0.4) is 0 Å². The Bertz CT molecular complexity index is 739. The molecule has 2 N–H and O–H groups in total. The van der Waals surface area contributed by atoms with Gasteiger partial charge in [-0.25, -0.2) is 9.98 Å². The third-order valence-corrected chi connectivity index (χ3v) is 4.84. The molecule has 3 rings (SSSR count). The molecule has 0 amide bonds. The Labute approximate surface area is 167 Å². The zero-order chi connectivity index (χ0) is 19.6. The summed E-state index contributed by atoms with van der Waals surface area (Å²) < 4.78 is 13.9. The van der Waals surface area contributed by atoms with E-state index >= 15 is 0 Å². The van der Waals surface area contributed by atoms with Crippen LogP contribution in [-0.2, 0) is 13.1 Å². The molecular weight excluding hydrogens is 354 g/mol. The second-order valence-electron chi connectivity index (χ2n) is 6.90. The number of hydrogen-bond donors (Lipinski definition) is 2. The maximum absolute atomic E-state index is 6.31. The number of nitrogens with one attached hydrogen (secondary N) is 2. The van der Waals surface area contributed by atoms with Crippen LogP contribution in [0.4, 0.5) is 0 Å². The number of para-hydroxylation sites is 1. The molecule has 2 aromatic rings. The monoisotopic (exact) mass is 385 g/mol. The fourth-order valence-electron chi connectivity index (χ4n) is 3.38. The molecule has 0 spiro atoms. The third kappa shape index (κ3) is 5.65. The standard InChI is InChI=1S/C21H31N5O2/c1-3-23-21(24-12-14-26-13-11-22-16-26)25-15-17-7-6-10-19(27-2)20(17)28-18-8-4-5-9-18/h6-7,10-11,13,16,18H,3-5,8-9,12,14-15H2,1-2H3,(H2,23,24,25). The number of benzene rings is 1. The number of methoxy groups -OCH3 is 1. The number of imidazole rings is 1. The van der Waals surface area contributed by atoms with Gasteiger partial charge in [-0.1, -0.05) is 12.1 Å². The normalized spacial score (nSPS) is 14.9. The van der Waals surface area contributed by atoms with Gasteiger partial charge in [-0.15, -0.1) is 0 Å². The van der Waals surface area contributed by atoms with E-state index in [0.717, 1.165) is 55.5 Å². The van der Waals surface area contributed by atoms with E-state index in [1.165, 1.54) is 12.8 Å². The van der Waals surface area contributed by atoms with Crippen LogP contribution in [0.15, 0.2) is 41.9 Å². The summed E-state index contributed by atoms with van der Waals surface area (Å²) in [5.74, 6) is 2.39. The Kier molecular flexibility index (Phi) is 7.58. The van der Waals surface area contributed by atoms with Crippen molar-refractivity contribution in [2.75, 3.05) is 20.2 Å². The molecule has 0 aliphatic heterocycles. The van der Waals surface area contributed by atoms with Crippen LogP contribution in [0.25, 0.3) is 0 Å². The minimum absolute atomic E-state index is 0.278. The highest BCUT2D eigenvalue weighted by atomic mass is 16.5. The summed E-state index contributed by atoms with van der Waals surface area (Å²) >= 11 is 0. The first-order chi connectivity index (χ1) is 13.8. The summed E-state index contributed by atoms with van der Waals surface area (Å²) in [6, 6.07) is 6.00. The predicted octanol–water partition coefficient (Wildman–Crippen LogP) is 2.97. The number of guanidine groups is 1. The molecule has 1 fully saturated rings. The van der Waals surface area contributed by atoms with Gasteiger partial charge < -0.3 is 24.7 Å². The minimum Gasteiger partial charge on any atom is -0.493 e. The lowest BCUT2D eigenvalue weighted by molar-refractivity contribution is 0.198. The van der Waals surface area contributed by atoms with Crippen molar-refractivity contribution in [1.82, 2.24) is 20.2 Å². The number of hydrogen-bond acceptors (Lipinski definition) is 4. The van der Waals surface area contributed by atoms with Crippen molar-refractivity contribution in [3.63, 3.8) is 0 Å². The Balaban J connectivity index is 1.66. The molecule has 1 aromatic heterocycles. The summed E-state index contributed by atoms with van der Waals surface area (Å²) in [5, 5.41) is 6.66. The highest BCUT2D eigenvalue weighted by molar-refractivity contribution is 5.79. The number of nitrogens with zero attached hydrogens (tertiary/aromatic N) is 3. The fraction of sp³-hybridized carbons (Fsp3) is 0.524. The molecule has 1 aliphatic rings. The predicted molar refractivity (Wildman–Crippen MR) is 111 cm³/mol. The van der Waals surface area contributed by atoms with Crippen molar-refractivity contribution >= 4 is 5.96 Å². The van der Waals surface area contributed by atoms with Crippen LogP contribution in [0.5, 0.6) is 11.5 Å². The highest BCUT2D eigenvalue weighted by Crippen LogP contribution is 2.35. The largest absolute Gasteiger partial charge is 0.493 e. The summed E-state index contributed by atoms with van der Waals surface area (Å²) in [6.07, 6.45) is 10.5. The van der Waals surface area contributed by atoms with Crippen LogP contribution in [0.1, 0.15) is 38.2 Å². The van der Waals surface area contributed by atoms with Gasteiger partial charge in [0.15, 0.2) is 17.5 Å². The molecular formula is C21H31N5O2. The van der Waals surface area contributed by atoms with E-state index < -0.39 is 0 Å². The molecule has 7 nitrogen and oxygen atoms in total. The second kappa shape index (κ2) is 10.6. The summed E-state index contributed by atoms with van der Waals surface area (Å²) in [7, 11) is 1.69. The van der Waals surface area contributed by atoms with Gasteiger partial charge in [0.2, 0.25) is 0 Å². The zero-order valence-electron chi connectivity index (χ0n) is 16.9. The van der Waals surface area contributed by atoms with Crippen LogP contribution in [0, 0.1) is 0 Å². The van der Waals surface area contributed by atoms with Gasteiger partial charge in [0, 0.05) is 37.6 Å². The van der Waals surface area contributed by atoms with E-state index in [4.69, 9.17) is 14.5 Å². The first-order valence-electron chi connectivity index (χ1n) is 10.1. The van der Waals surface area contributed by atoms with E-state index in [2.05, 4.69) is 28.6 Å². The van der Waals surface area contributed by atoms with Crippen LogP contribution in [0.2, 0.25) is 0 Å². The van der Waals surface area contributed by atoms with Crippen LogP contribution < -0.4 is 20.1 Å². The van der Waals surface area contributed by atoms with Gasteiger partial charge in [0.1, 0.15) is 0 Å². The molecule has 1 heterocycles. The van der Waals surface area contributed by atoms with Crippen molar-refractivity contribution in [1.29, 1.82) is 0 Å². The van der Waals surface area contributed by atoms with E-state index in [0.29, 0.717) is 6.54 Å². The van der Waals surface area contributed by atoms with Crippen molar-refractivity contribution in [3.05, 3.63) is 42.5 Å². The Hall–Kier alpha value is -2.70. The number of ether oxygens (including phenoxy) is 2. The van der Waals surface area contributed by atoms with E-state index in [-0.39, 0.29) is 6.10 Å². The van der Waals surface area contributed by atoms with Gasteiger partial charge in [-0.05, 0) is 38.7 Å². The van der Waals surface area contributed by atoms with E-state index in [9.17, 15) is 0 Å². The molecule has 1 saturated carbocycles. The van der Waals surface area contributed by atoms with Crippen LogP contribution in [-0.4, -0.2) is 41.8 Å². The maximum Gasteiger partial charge on any atom is 0.191 e. The first kappa shape index (κ1) is 20.0. The second-order valence-corrected chi connectivity index (χ2v) is 6.90. The van der Waals surface area contributed by atoms with Crippen molar-refractivity contribution in [2.45, 2.75) is 51.8 Å². The quantitative estimate of drug-likeness (QED) is 0.513. The molecule has 152 valence electrons. The zero-order valence-corrected chi connectivity index (χ0v) is 16.9. The SMILES string of the molecule is CCNC(=NCc1cccc(OC)c1OC1CCCC1)NCCn1ccnc1.